The van der Waals surface area contributed by atoms with E-state index < -0.39 is 5.97 Å². The summed E-state index contributed by atoms with van der Waals surface area (Å²) >= 11 is 3.69. The third-order valence-corrected chi connectivity index (χ3v) is 4.44. The van der Waals surface area contributed by atoms with E-state index in [0.717, 1.165) is 9.30 Å². The molecular weight excluding hydrogens is 377 g/mol. The molecule has 1 heterocycles. The Morgan fingerprint density at radius 3 is 2.63 bits per heavy atom. The molecule has 0 aliphatic carbocycles. The number of nitrogens with one attached hydrogen (secondary N) is 1. The maximum atomic E-state index is 11.9. The lowest BCUT2D eigenvalue weighted by Crippen LogP contribution is -2.30. The van der Waals surface area contributed by atoms with Crippen LogP contribution in [0.1, 0.15) is 37.0 Å². The molecule has 0 bridgehead atoms. The van der Waals surface area contributed by atoms with Crippen LogP contribution < -0.4 is 5.32 Å². The fraction of sp³-hybridized carbons (Fsp3) is 0.538. The summed E-state index contributed by atoms with van der Waals surface area (Å²) in [6.07, 6.45) is 0.896. The minimum absolute atomic E-state index is 0.0147. The molecule has 1 aromatic heterocycles. The molecule has 4 nitrogen and oxygen atoms in total. The number of carboxylic acids is 1. The molecule has 0 aromatic carbocycles. The van der Waals surface area contributed by atoms with Crippen LogP contribution in [0.2, 0.25) is 0 Å². The van der Waals surface area contributed by atoms with Crippen molar-refractivity contribution in [3.63, 3.8) is 0 Å². The van der Waals surface area contributed by atoms with Gasteiger partial charge in [-0.25, -0.2) is 0 Å². The largest absolute Gasteiger partial charge is 0.481 e. The van der Waals surface area contributed by atoms with Gasteiger partial charge >= 0.3 is 5.97 Å². The van der Waals surface area contributed by atoms with E-state index in [4.69, 9.17) is 5.11 Å². The zero-order valence-corrected chi connectivity index (χ0v) is 14.0. The van der Waals surface area contributed by atoms with Crippen LogP contribution in [0, 0.1) is 14.7 Å². The first-order valence-corrected chi connectivity index (χ1v) is 8.08. The first kappa shape index (κ1) is 16.4. The van der Waals surface area contributed by atoms with Gasteiger partial charge in [0.1, 0.15) is 0 Å². The van der Waals surface area contributed by atoms with Gasteiger partial charge in [0.2, 0.25) is 0 Å². The van der Waals surface area contributed by atoms with Gasteiger partial charge in [-0.2, -0.15) is 0 Å². The van der Waals surface area contributed by atoms with Crippen LogP contribution in [0.15, 0.2) is 11.4 Å². The number of thiophene rings is 1. The van der Waals surface area contributed by atoms with Crippen molar-refractivity contribution in [1.29, 1.82) is 0 Å². The number of carbonyl (C=O) groups is 2. The lowest BCUT2D eigenvalue weighted by molar-refractivity contribution is -0.138. The average molecular weight is 395 g/mol. The fourth-order valence-electron chi connectivity index (χ4n) is 1.92. The van der Waals surface area contributed by atoms with Crippen LogP contribution in [0.5, 0.6) is 0 Å². The minimum atomic E-state index is -0.815. The van der Waals surface area contributed by atoms with E-state index in [9.17, 15) is 9.59 Å². The Morgan fingerprint density at radius 2 is 2.16 bits per heavy atom. The zero-order valence-electron chi connectivity index (χ0n) is 11.0. The highest BCUT2D eigenvalue weighted by atomic mass is 127. The van der Waals surface area contributed by atoms with Crippen molar-refractivity contribution in [1.82, 2.24) is 5.32 Å². The number of amides is 1. The lowest BCUT2D eigenvalue weighted by atomic mass is 9.94. The molecule has 1 atom stereocenters. The molecule has 0 spiro atoms. The Hall–Kier alpha value is -0.630. The van der Waals surface area contributed by atoms with Crippen molar-refractivity contribution in [3.8, 4) is 0 Å². The Kier molecular flexibility index (Phi) is 6.78. The predicted molar refractivity (Wildman–Crippen MR) is 84.6 cm³/mol. The molecule has 106 valence electrons. The first-order chi connectivity index (χ1) is 8.88. The van der Waals surface area contributed by atoms with Crippen LogP contribution >= 0.6 is 33.9 Å². The molecule has 0 radical (unpaired) electrons. The summed E-state index contributed by atoms with van der Waals surface area (Å²) in [5.41, 5.74) is 0.646. The summed E-state index contributed by atoms with van der Waals surface area (Å²) < 4.78 is 1.06. The number of hydrogen-bond donors (Lipinski definition) is 2. The molecule has 0 unspecified atom stereocenters. The second-order valence-electron chi connectivity index (χ2n) is 4.94. The number of hydrogen-bond acceptors (Lipinski definition) is 3. The van der Waals surface area contributed by atoms with Gasteiger partial charge < -0.3 is 10.4 Å². The van der Waals surface area contributed by atoms with Crippen molar-refractivity contribution >= 4 is 45.8 Å². The Bertz CT molecular complexity index is 445. The summed E-state index contributed by atoms with van der Waals surface area (Å²) in [5, 5.41) is 13.5. The molecule has 0 saturated heterocycles. The van der Waals surface area contributed by atoms with Gasteiger partial charge in [-0.05, 0) is 46.9 Å². The van der Waals surface area contributed by atoms with E-state index in [1.54, 1.807) is 0 Å². The van der Waals surface area contributed by atoms with Crippen LogP contribution in [-0.2, 0) is 4.79 Å². The normalized spacial score (nSPS) is 12.4. The number of aliphatic carboxylic acids is 1. The molecule has 0 fully saturated rings. The standard InChI is InChI=1S/C13H18INO3S/c1-8(2)3-9(4-12(16)17)6-15-13(18)10-5-11(14)19-7-10/h5,7-9H,3-4,6H2,1-2H3,(H,15,18)(H,16,17)/t9-/m0/s1. The molecule has 0 aliphatic heterocycles. The second-order valence-corrected chi connectivity index (χ2v) is 7.75. The van der Waals surface area contributed by atoms with Gasteiger partial charge in [-0.1, -0.05) is 13.8 Å². The molecule has 0 saturated carbocycles. The van der Waals surface area contributed by atoms with E-state index >= 15 is 0 Å². The average Bonchev–Trinajstić information content (AvgIpc) is 2.71. The highest BCUT2D eigenvalue weighted by molar-refractivity contribution is 14.1. The van der Waals surface area contributed by atoms with Crippen molar-refractivity contribution in [3.05, 3.63) is 19.9 Å². The highest BCUT2D eigenvalue weighted by Crippen LogP contribution is 2.18. The molecular formula is C13H18INO3S. The number of carboxylic acid groups (broad SMARTS) is 1. The summed E-state index contributed by atoms with van der Waals surface area (Å²) in [7, 11) is 0. The molecule has 19 heavy (non-hydrogen) atoms. The zero-order chi connectivity index (χ0) is 14.4. The quantitative estimate of drug-likeness (QED) is 0.697. The molecule has 2 N–H and O–H groups in total. The number of halogens is 1. The summed E-state index contributed by atoms with van der Waals surface area (Å²) in [5.74, 6) is -0.536. The smallest absolute Gasteiger partial charge is 0.303 e. The SMILES string of the molecule is CC(C)C[C@H](CNC(=O)c1csc(I)c1)CC(=O)O. The van der Waals surface area contributed by atoms with Crippen molar-refractivity contribution in [2.75, 3.05) is 6.54 Å². The molecule has 1 rings (SSSR count). The maximum Gasteiger partial charge on any atom is 0.303 e. The van der Waals surface area contributed by atoms with Gasteiger partial charge in [0.15, 0.2) is 0 Å². The summed E-state index contributed by atoms with van der Waals surface area (Å²) in [4.78, 5) is 22.7. The Labute approximate surface area is 130 Å². The van der Waals surface area contributed by atoms with Crippen molar-refractivity contribution in [2.45, 2.75) is 26.7 Å². The van der Waals surface area contributed by atoms with E-state index in [0.29, 0.717) is 18.0 Å². The van der Waals surface area contributed by atoms with E-state index in [-0.39, 0.29) is 18.2 Å². The van der Waals surface area contributed by atoms with E-state index in [1.807, 2.05) is 11.4 Å². The Morgan fingerprint density at radius 1 is 1.47 bits per heavy atom. The van der Waals surface area contributed by atoms with Crippen LogP contribution in [0.4, 0.5) is 0 Å². The summed E-state index contributed by atoms with van der Waals surface area (Å²) in [6, 6.07) is 1.83. The molecule has 6 heteroatoms. The van der Waals surface area contributed by atoms with Crippen LogP contribution in [-0.4, -0.2) is 23.5 Å². The molecule has 0 aliphatic rings. The van der Waals surface area contributed by atoms with Crippen molar-refractivity contribution < 1.29 is 14.7 Å². The van der Waals surface area contributed by atoms with Gasteiger partial charge in [0, 0.05) is 18.3 Å². The summed E-state index contributed by atoms with van der Waals surface area (Å²) in [6.45, 7) is 4.52. The van der Waals surface area contributed by atoms with Crippen molar-refractivity contribution in [2.24, 2.45) is 11.8 Å². The second kappa shape index (κ2) is 7.84. The van der Waals surface area contributed by atoms with Gasteiger partial charge in [-0.15, -0.1) is 11.3 Å². The van der Waals surface area contributed by atoms with Gasteiger partial charge in [0.05, 0.1) is 8.45 Å². The van der Waals surface area contributed by atoms with Gasteiger partial charge in [0.25, 0.3) is 5.91 Å². The molecule has 1 aromatic rings. The first-order valence-electron chi connectivity index (χ1n) is 6.12. The predicted octanol–water partition coefficient (Wildman–Crippen LogP) is 3.22. The maximum absolute atomic E-state index is 11.9. The minimum Gasteiger partial charge on any atom is -0.481 e. The van der Waals surface area contributed by atoms with Gasteiger partial charge in [-0.3, -0.25) is 9.59 Å². The Balaban J connectivity index is 2.50. The third-order valence-electron chi connectivity index (χ3n) is 2.65. The molecule has 1 amide bonds. The fourth-order valence-corrected chi connectivity index (χ4v) is 3.25. The van der Waals surface area contributed by atoms with Crippen LogP contribution in [0.25, 0.3) is 0 Å². The lowest BCUT2D eigenvalue weighted by Gasteiger charge is -2.17. The number of carbonyl (C=O) groups excluding carboxylic acids is 1. The van der Waals surface area contributed by atoms with Crippen LogP contribution in [0.3, 0.4) is 0 Å². The highest BCUT2D eigenvalue weighted by Gasteiger charge is 2.17. The van der Waals surface area contributed by atoms with E-state index in [1.165, 1.54) is 11.3 Å². The van der Waals surface area contributed by atoms with E-state index in [2.05, 4.69) is 41.8 Å². The third kappa shape index (κ3) is 6.38. The number of rotatable bonds is 7. The topological polar surface area (TPSA) is 66.4 Å². The monoisotopic (exact) mass is 395 g/mol.